The first kappa shape index (κ1) is 14.8. The Bertz CT molecular complexity index is 334. The molecule has 2 fully saturated rings. The summed E-state index contributed by atoms with van der Waals surface area (Å²) in [6.07, 6.45) is 5.20. The summed E-state index contributed by atoms with van der Waals surface area (Å²) in [4.78, 5) is 2.62. The number of rotatable bonds is 5. The van der Waals surface area contributed by atoms with Crippen LogP contribution in [0.25, 0.3) is 0 Å². The van der Waals surface area contributed by atoms with Crippen molar-refractivity contribution in [3.63, 3.8) is 0 Å². The van der Waals surface area contributed by atoms with Crippen molar-refractivity contribution in [3.8, 4) is 6.07 Å². The van der Waals surface area contributed by atoms with Gasteiger partial charge in [-0.3, -0.25) is 10.2 Å². The Labute approximate surface area is 118 Å². The highest BCUT2D eigenvalue weighted by molar-refractivity contribution is 5.06. The normalized spacial score (nSPS) is 32.0. The Morgan fingerprint density at radius 3 is 2.32 bits per heavy atom. The molecule has 2 rings (SSSR count). The highest BCUT2D eigenvalue weighted by Crippen LogP contribution is 2.39. The first-order chi connectivity index (χ1) is 8.93. The lowest BCUT2D eigenvalue weighted by molar-refractivity contribution is 0.195. The van der Waals surface area contributed by atoms with E-state index in [1.54, 1.807) is 0 Å². The predicted octanol–water partition coefficient (Wildman–Crippen LogP) is 2.78. The molecular formula is C16H29N3. The van der Waals surface area contributed by atoms with Crippen LogP contribution >= 0.6 is 0 Å². The highest BCUT2D eigenvalue weighted by Gasteiger charge is 2.39. The van der Waals surface area contributed by atoms with Gasteiger partial charge in [0.05, 0.1) is 6.07 Å². The van der Waals surface area contributed by atoms with Crippen LogP contribution in [0.1, 0.15) is 53.4 Å². The molecule has 1 aliphatic carbocycles. The molecule has 3 heteroatoms. The molecule has 1 saturated heterocycles. The maximum absolute atomic E-state index is 9.46. The van der Waals surface area contributed by atoms with Gasteiger partial charge < -0.3 is 0 Å². The van der Waals surface area contributed by atoms with Crippen LogP contribution < -0.4 is 5.32 Å². The van der Waals surface area contributed by atoms with Crippen molar-refractivity contribution in [3.05, 3.63) is 0 Å². The minimum atomic E-state index is -0.398. The van der Waals surface area contributed by atoms with E-state index < -0.39 is 5.54 Å². The van der Waals surface area contributed by atoms with Crippen LogP contribution in [0.3, 0.4) is 0 Å². The molecule has 0 aromatic carbocycles. The Morgan fingerprint density at radius 2 is 1.84 bits per heavy atom. The van der Waals surface area contributed by atoms with Gasteiger partial charge in [-0.15, -0.1) is 0 Å². The van der Waals surface area contributed by atoms with Gasteiger partial charge in [0.1, 0.15) is 5.54 Å². The summed E-state index contributed by atoms with van der Waals surface area (Å²) < 4.78 is 0. The van der Waals surface area contributed by atoms with Gasteiger partial charge in [-0.1, -0.05) is 6.42 Å². The van der Waals surface area contributed by atoms with E-state index in [0.717, 1.165) is 18.3 Å². The first-order valence-electron chi connectivity index (χ1n) is 7.86. The first-order valence-corrected chi connectivity index (χ1v) is 7.86. The summed E-state index contributed by atoms with van der Waals surface area (Å²) in [6, 6.07) is 3.33. The van der Waals surface area contributed by atoms with E-state index in [1.165, 1.54) is 32.4 Å². The van der Waals surface area contributed by atoms with Gasteiger partial charge in [-0.25, -0.2) is 0 Å². The van der Waals surface area contributed by atoms with Crippen molar-refractivity contribution in [1.82, 2.24) is 10.2 Å². The topological polar surface area (TPSA) is 39.1 Å². The number of likely N-dealkylation sites (tertiary alicyclic amines) is 1. The molecule has 3 nitrogen and oxygen atoms in total. The van der Waals surface area contributed by atoms with Gasteiger partial charge in [0.2, 0.25) is 0 Å². The van der Waals surface area contributed by atoms with Crippen molar-refractivity contribution in [2.24, 2.45) is 11.8 Å². The lowest BCUT2D eigenvalue weighted by Crippen LogP contribution is -2.49. The zero-order chi connectivity index (χ0) is 14.0. The van der Waals surface area contributed by atoms with E-state index >= 15 is 0 Å². The van der Waals surface area contributed by atoms with E-state index in [2.05, 4.69) is 37.1 Å². The third-order valence-corrected chi connectivity index (χ3v) is 4.94. The fraction of sp³-hybridized carbons (Fsp3) is 0.938. The lowest BCUT2D eigenvalue weighted by Gasteiger charge is -2.33. The van der Waals surface area contributed by atoms with Crippen molar-refractivity contribution < 1.29 is 0 Å². The Balaban J connectivity index is 1.90. The zero-order valence-corrected chi connectivity index (χ0v) is 12.9. The molecule has 19 heavy (non-hydrogen) atoms. The van der Waals surface area contributed by atoms with E-state index in [-0.39, 0.29) is 0 Å². The standard InChI is InChI=1S/C16H29N3/c1-12(2)18-16(4,11-17)8-13(3)19-9-14-6-5-7-15(14)10-19/h12-15,18H,5-10H2,1-4H3. The predicted molar refractivity (Wildman–Crippen MR) is 78.8 cm³/mol. The average molecular weight is 263 g/mol. The van der Waals surface area contributed by atoms with E-state index in [4.69, 9.17) is 0 Å². The molecule has 0 amide bonds. The third-order valence-electron chi connectivity index (χ3n) is 4.94. The molecule has 0 bridgehead atoms. The molecule has 0 radical (unpaired) electrons. The van der Waals surface area contributed by atoms with E-state index in [9.17, 15) is 5.26 Å². The Kier molecular flexibility index (Phi) is 4.53. The molecule has 4 unspecified atom stereocenters. The summed E-state index contributed by atoms with van der Waals surface area (Å²) in [5, 5.41) is 12.9. The largest absolute Gasteiger partial charge is 0.300 e. The second-order valence-corrected chi connectivity index (χ2v) is 7.20. The van der Waals surface area contributed by atoms with E-state index in [0.29, 0.717) is 12.1 Å². The van der Waals surface area contributed by atoms with Crippen molar-refractivity contribution in [2.45, 2.75) is 71.0 Å². The third kappa shape index (κ3) is 3.49. The Hall–Kier alpha value is -0.590. The molecule has 2 aliphatic rings. The fourth-order valence-electron chi connectivity index (χ4n) is 4.13. The molecule has 1 heterocycles. The average Bonchev–Trinajstić information content (AvgIpc) is 2.87. The van der Waals surface area contributed by atoms with Gasteiger partial charge in [0.15, 0.2) is 0 Å². The van der Waals surface area contributed by atoms with Crippen molar-refractivity contribution >= 4 is 0 Å². The van der Waals surface area contributed by atoms with Crippen LogP contribution in [0.15, 0.2) is 0 Å². The van der Waals surface area contributed by atoms with Gasteiger partial charge in [-0.05, 0) is 58.8 Å². The summed E-state index contributed by atoms with van der Waals surface area (Å²) in [6.45, 7) is 11.1. The summed E-state index contributed by atoms with van der Waals surface area (Å²) >= 11 is 0. The summed E-state index contributed by atoms with van der Waals surface area (Å²) in [5.41, 5.74) is -0.398. The Morgan fingerprint density at radius 1 is 1.26 bits per heavy atom. The molecule has 4 atom stereocenters. The maximum Gasteiger partial charge on any atom is 0.105 e. The smallest absolute Gasteiger partial charge is 0.105 e. The van der Waals surface area contributed by atoms with Crippen molar-refractivity contribution in [1.29, 1.82) is 5.26 Å². The van der Waals surface area contributed by atoms with Gasteiger partial charge in [0, 0.05) is 25.2 Å². The highest BCUT2D eigenvalue weighted by atomic mass is 15.2. The number of nitrogens with one attached hydrogen (secondary N) is 1. The van der Waals surface area contributed by atoms with Crippen molar-refractivity contribution in [2.75, 3.05) is 13.1 Å². The molecule has 0 aromatic rings. The number of hydrogen-bond acceptors (Lipinski definition) is 3. The molecule has 1 aliphatic heterocycles. The molecule has 0 spiro atoms. The SMILES string of the molecule is CC(C)NC(C)(C#N)CC(C)N1CC2CCCC2C1. The molecule has 0 aromatic heterocycles. The summed E-state index contributed by atoms with van der Waals surface area (Å²) in [7, 11) is 0. The molecule has 1 N–H and O–H groups in total. The fourth-order valence-corrected chi connectivity index (χ4v) is 4.13. The lowest BCUT2D eigenvalue weighted by atomic mass is 9.93. The van der Waals surface area contributed by atoms with E-state index in [1.807, 2.05) is 6.92 Å². The minimum absolute atomic E-state index is 0.356. The van der Waals surface area contributed by atoms with Gasteiger partial charge >= 0.3 is 0 Å². The quantitative estimate of drug-likeness (QED) is 0.829. The maximum atomic E-state index is 9.46. The second kappa shape index (κ2) is 5.81. The zero-order valence-electron chi connectivity index (χ0n) is 12.9. The van der Waals surface area contributed by atoms with Crippen LogP contribution in [0.2, 0.25) is 0 Å². The van der Waals surface area contributed by atoms with Crippen LogP contribution in [0.5, 0.6) is 0 Å². The number of hydrogen-bond donors (Lipinski definition) is 1. The van der Waals surface area contributed by atoms with Crippen LogP contribution in [-0.4, -0.2) is 35.6 Å². The van der Waals surface area contributed by atoms with Crippen LogP contribution in [0.4, 0.5) is 0 Å². The molecule has 108 valence electrons. The van der Waals surface area contributed by atoms with Gasteiger partial charge in [-0.2, -0.15) is 5.26 Å². The molecule has 1 saturated carbocycles. The van der Waals surface area contributed by atoms with Crippen LogP contribution in [-0.2, 0) is 0 Å². The number of fused-ring (bicyclic) bond motifs is 1. The molecular weight excluding hydrogens is 234 g/mol. The number of nitrogens with zero attached hydrogens (tertiary/aromatic N) is 2. The minimum Gasteiger partial charge on any atom is -0.300 e. The van der Waals surface area contributed by atoms with Crippen LogP contribution in [0, 0.1) is 23.2 Å². The van der Waals surface area contributed by atoms with Gasteiger partial charge in [0.25, 0.3) is 0 Å². The second-order valence-electron chi connectivity index (χ2n) is 7.20. The summed E-state index contributed by atoms with van der Waals surface area (Å²) in [5.74, 6) is 1.88. The monoisotopic (exact) mass is 263 g/mol. The number of nitriles is 1.